The van der Waals surface area contributed by atoms with Crippen molar-refractivity contribution < 1.29 is 14.7 Å². The Kier molecular flexibility index (Phi) is 5.46. The number of pyridine rings is 1. The second kappa shape index (κ2) is 8.60. The first kappa shape index (κ1) is 21.6. The molecule has 1 N–H and O–H groups in total. The first-order valence-electron chi connectivity index (χ1n) is 11.3. The van der Waals surface area contributed by atoms with Crippen molar-refractivity contribution >= 4 is 33.9 Å². The second-order valence-corrected chi connectivity index (χ2v) is 8.73. The Morgan fingerprint density at radius 1 is 0.912 bits per heavy atom. The third kappa shape index (κ3) is 3.55. The maximum absolute atomic E-state index is 13.4. The van der Waals surface area contributed by atoms with Crippen LogP contribution < -0.4 is 4.90 Å². The van der Waals surface area contributed by atoms with E-state index in [1.165, 1.54) is 4.90 Å². The molecule has 168 valence electrons. The Labute approximate surface area is 198 Å². The van der Waals surface area contributed by atoms with Crippen molar-refractivity contribution in [1.29, 1.82) is 0 Å². The number of aliphatic hydroxyl groups is 1. The van der Waals surface area contributed by atoms with E-state index < -0.39 is 17.7 Å². The third-order valence-corrected chi connectivity index (χ3v) is 6.33. The molecule has 1 atom stereocenters. The Balaban J connectivity index is 1.73. The van der Waals surface area contributed by atoms with Gasteiger partial charge in [-0.3, -0.25) is 19.5 Å². The number of hydrogen-bond donors (Lipinski definition) is 1. The van der Waals surface area contributed by atoms with Crippen molar-refractivity contribution in [2.24, 2.45) is 0 Å². The molecule has 5 nitrogen and oxygen atoms in total. The van der Waals surface area contributed by atoms with Gasteiger partial charge in [-0.1, -0.05) is 74.5 Å². The SMILES string of the molecule is CC(C)c1ccc(N2C(=O)C(=O)/C(=C(\O)c3cccc4ccccc34)C2c2cccnc2)cc1. The first-order chi connectivity index (χ1) is 16.5. The molecule has 1 unspecified atom stereocenters. The Morgan fingerprint density at radius 2 is 1.65 bits per heavy atom. The summed E-state index contributed by atoms with van der Waals surface area (Å²) in [6, 6.07) is 23.6. The molecule has 5 rings (SSSR count). The lowest BCUT2D eigenvalue weighted by atomic mass is 9.94. The fraction of sp³-hybridized carbons (Fsp3) is 0.138. The van der Waals surface area contributed by atoms with Gasteiger partial charge < -0.3 is 5.11 Å². The number of carbonyl (C=O) groups is 2. The lowest BCUT2D eigenvalue weighted by Gasteiger charge is -2.25. The minimum absolute atomic E-state index is 0.0577. The number of anilines is 1. The number of amides is 1. The summed E-state index contributed by atoms with van der Waals surface area (Å²) in [6.45, 7) is 4.20. The molecule has 1 fully saturated rings. The van der Waals surface area contributed by atoms with Crippen LogP contribution in [0.3, 0.4) is 0 Å². The highest BCUT2D eigenvalue weighted by molar-refractivity contribution is 6.51. The summed E-state index contributed by atoms with van der Waals surface area (Å²) in [4.78, 5) is 32.4. The number of rotatable bonds is 4. The van der Waals surface area contributed by atoms with E-state index in [1.807, 2.05) is 66.7 Å². The van der Waals surface area contributed by atoms with Gasteiger partial charge >= 0.3 is 0 Å². The molecule has 3 aromatic carbocycles. The Bertz CT molecular complexity index is 1420. The van der Waals surface area contributed by atoms with Crippen molar-refractivity contribution in [2.45, 2.75) is 25.8 Å². The van der Waals surface area contributed by atoms with Crippen LogP contribution in [0.2, 0.25) is 0 Å². The number of fused-ring (bicyclic) bond motifs is 1. The molecular weight excluding hydrogens is 424 g/mol. The number of aliphatic hydroxyl groups excluding tert-OH is 1. The van der Waals surface area contributed by atoms with Gasteiger partial charge in [0.25, 0.3) is 11.7 Å². The summed E-state index contributed by atoms with van der Waals surface area (Å²) in [5, 5.41) is 13.2. The van der Waals surface area contributed by atoms with Crippen molar-refractivity contribution in [3.8, 4) is 0 Å². The normalized spacial score (nSPS) is 17.6. The van der Waals surface area contributed by atoms with Gasteiger partial charge in [0.15, 0.2) is 0 Å². The van der Waals surface area contributed by atoms with Gasteiger partial charge in [-0.25, -0.2) is 0 Å². The van der Waals surface area contributed by atoms with E-state index >= 15 is 0 Å². The van der Waals surface area contributed by atoms with E-state index in [0.29, 0.717) is 22.7 Å². The molecule has 5 heteroatoms. The number of carbonyl (C=O) groups excluding carboxylic acids is 2. The lowest BCUT2D eigenvalue weighted by molar-refractivity contribution is -0.132. The van der Waals surface area contributed by atoms with E-state index in [0.717, 1.165) is 16.3 Å². The molecule has 1 aliphatic rings. The third-order valence-electron chi connectivity index (χ3n) is 6.33. The van der Waals surface area contributed by atoms with Gasteiger partial charge in [0.2, 0.25) is 0 Å². The lowest BCUT2D eigenvalue weighted by Crippen LogP contribution is -2.29. The number of aromatic nitrogens is 1. The predicted molar refractivity (Wildman–Crippen MR) is 133 cm³/mol. The second-order valence-electron chi connectivity index (χ2n) is 8.73. The molecule has 0 saturated carbocycles. The average molecular weight is 449 g/mol. The van der Waals surface area contributed by atoms with Crippen molar-refractivity contribution in [1.82, 2.24) is 4.98 Å². The molecule has 1 saturated heterocycles. The molecular formula is C29H24N2O3. The van der Waals surface area contributed by atoms with Crippen LogP contribution in [0.5, 0.6) is 0 Å². The zero-order chi connectivity index (χ0) is 23.8. The van der Waals surface area contributed by atoms with E-state index in [4.69, 9.17) is 0 Å². The number of Topliss-reactive ketones (excluding diaryl/α,β-unsaturated/α-hetero) is 1. The van der Waals surface area contributed by atoms with Crippen LogP contribution in [-0.2, 0) is 9.59 Å². The number of ketones is 1. The summed E-state index contributed by atoms with van der Waals surface area (Å²) in [5.41, 5.74) is 2.95. The fourth-order valence-electron chi connectivity index (χ4n) is 4.55. The van der Waals surface area contributed by atoms with E-state index in [9.17, 15) is 14.7 Å². The van der Waals surface area contributed by atoms with Crippen molar-refractivity contribution in [3.05, 3.63) is 114 Å². The van der Waals surface area contributed by atoms with Crippen LogP contribution in [0.25, 0.3) is 16.5 Å². The zero-order valence-electron chi connectivity index (χ0n) is 19.0. The highest BCUT2D eigenvalue weighted by Gasteiger charge is 2.47. The van der Waals surface area contributed by atoms with Gasteiger partial charge in [0.05, 0.1) is 11.6 Å². The van der Waals surface area contributed by atoms with Crippen LogP contribution >= 0.6 is 0 Å². The van der Waals surface area contributed by atoms with Crippen LogP contribution in [0.15, 0.2) is 96.8 Å². The number of hydrogen-bond acceptors (Lipinski definition) is 4. The first-order valence-corrected chi connectivity index (χ1v) is 11.3. The molecule has 2 heterocycles. The van der Waals surface area contributed by atoms with Gasteiger partial charge in [0, 0.05) is 23.6 Å². The molecule has 1 aliphatic heterocycles. The molecule has 0 aliphatic carbocycles. The van der Waals surface area contributed by atoms with Gasteiger partial charge in [0.1, 0.15) is 5.76 Å². The minimum atomic E-state index is -0.794. The largest absolute Gasteiger partial charge is 0.507 e. The van der Waals surface area contributed by atoms with E-state index in [2.05, 4.69) is 18.8 Å². The summed E-state index contributed by atoms with van der Waals surface area (Å²) in [6.07, 6.45) is 3.26. The molecule has 4 aromatic rings. The number of nitrogens with zero attached hydrogens (tertiary/aromatic N) is 2. The molecule has 0 radical (unpaired) electrons. The molecule has 34 heavy (non-hydrogen) atoms. The maximum atomic E-state index is 13.4. The predicted octanol–water partition coefficient (Wildman–Crippen LogP) is 5.98. The zero-order valence-corrected chi connectivity index (χ0v) is 19.0. The maximum Gasteiger partial charge on any atom is 0.300 e. The van der Waals surface area contributed by atoms with E-state index in [1.54, 1.807) is 24.5 Å². The summed E-state index contributed by atoms with van der Waals surface area (Å²) < 4.78 is 0. The van der Waals surface area contributed by atoms with Gasteiger partial charge in [-0.05, 0) is 46.0 Å². The van der Waals surface area contributed by atoms with Crippen LogP contribution in [0, 0.1) is 0 Å². The van der Waals surface area contributed by atoms with Crippen molar-refractivity contribution in [3.63, 3.8) is 0 Å². The fourth-order valence-corrected chi connectivity index (χ4v) is 4.55. The van der Waals surface area contributed by atoms with Crippen LogP contribution in [0.4, 0.5) is 5.69 Å². The summed E-state index contributed by atoms with van der Waals surface area (Å²) in [5.74, 6) is -1.24. The van der Waals surface area contributed by atoms with E-state index in [-0.39, 0.29) is 11.3 Å². The van der Waals surface area contributed by atoms with Gasteiger partial charge in [-0.15, -0.1) is 0 Å². The van der Waals surface area contributed by atoms with Crippen molar-refractivity contribution in [2.75, 3.05) is 4.90 Å². The molecule has 0 spiro atoms. The standard InChI is InChI=1S/C29H24N2O3/c1-18(2)19-12-14-22(15-13-19)31-26(21-9-6-16-30-17-21)25(28(33)29(31)34)27(32)24-11-5-8-20-7-3-4-10-23(20)24/h3-18,26,32H,1-2H3/b27-25-. The quantitative estimate of drug-likeness (QED) is 0.237. The highest BCUT2D eigenvalue weighted by Crippen LogP contribution is 2.42. The molecule has 1 aromatic heterocycles. The minimum Gasteiger partial charge on any atom is -0.507 e. The molecule has 0 bridgehead atoms. The number of benzene rings is 3. The summed E-state index contributed by atoms with van der Waals surface area (Å²) in [7, 11) is 0. The Hall–Kier alpha value is -4.25. The summed E-state index contributed by atoms with van der Waals surface area (Å²) >= 11 is 0. The van der Waals surface area contributed by atoms with Gasteiger partial charge in [-0.2, -0.15) is 0 Å². The molecule has 1 amide bonds. The smallest absolute Gasteiger partial charge is 0.300 e. The highest BCUT2D eigenvalue weighted by atomic mass is 16.3. The monoisotopic (exact) mass is 448 g/mol. The van der Waals surface area contributed by atoms with Crippen LogP contribution in [0.1, 0.15) is 42.5 Å². The Morgan fingerprint density at radius 3 is 2.35 bits per heavy atom. The van der Waals surface area contributed by atoms with Crippen LogP contribution in [-0.4, -0.2) is 21.8 Å². The average Bonchev–Trinajstić information content (AvgIpc) is 3.14. The topological polar surface area (TPSA) is 70.5 Å².